The average molecular weight is 238 g/mol. The van der Waals surface area contributed by atoms with Crippen LogP contribution in [-0.2, 0) is 0 Å². The van der Waals surface area contributed by atoms with Crippen LogP contribution in [0.1, 0.15) is 24.6 Å². The minimum Gasteiger partial charge on any atom is -0.444 e. The van der Waals surface area contributed by atoms with Crippen molar-refractivity contribution < 1.29 is 9.21 Å². The van der Waals surface area contributed by atoms with Gasteiger partial charge in [-0.25, -0.2) is 9.78 Å². The zero-order valence-electron chi connectivity index (χ0n) is 10.2. The number of hydrogen-bond acceptors (Lipinski definition) is 4. The van der Waals surface area contributed by atoms with Crippen LogP contribution >= 0.6 is 0 Å². The van der Waals surface area contributed by atoms with Gasteiger partial charge in [0.2, 0.25) is 5.89 Å². The molecule has 2 N–H and O–H groups in total. The Balaban J connectivity index is 1.73. The van der Waals surface area contributed by atoms with E-state index in [1.165, 1.54) is 0 Å². The number of carbonyl (C=O) groups is 1. The van der Waals surface area contributed by atoms with Crippen molar-refractivity contribution in [2.75, 3.05) is 26.2 Å². The molecule has 2 rings (SSSR count). The van der Waals surface area contributed by atoms with Crippen LogP contribution in [0, 0.1) is 6.92 Å². The molecule has 1 atom stereocenters. The maximum atomic E-state index is 11.3. The molecule has 0 saturated carbocycles. The standard InChI is InChI=1S/C11H18N4O2/c1-8-7-14-10(17-8)9(2)12-3-5-15-6-4-13-11(15)16/h7,9,12H,3-6H2,1-2H3,(H,13,16). The smallest absolute Gasteiger partial charge is 0.317 e. The van der Waals surface area contributed by atoms with Crippen molar-refractivity contribution in [3.63, 3.8) is 0 Å². The van der Waals surface area contributed by atoms with E-state index in [9.17, 15) is 4.79 Å². The summed E-state index contributed by atoms with van der Waals surface area (Å²) in [6.45, 7) is 6.83. The molecule has 1 aliphatic heterocycles. The van der Waals surface area contributed by atoms with Gasteiger partial charge in [0.1, 0.15) is 5.76 Å². The summed E-state index contributed by atoms with van der Waals surface area (Å²) in [7, 11) is 0. The van der Waals surface area contributed by atoms with Gasteiger partial charge in [-0.2, -0.15) is 0 Å². The molecule has 2 heterocycles. The van der Waals surface area contributed by atoms with Crippen molar-refractivity contribution in [2.45, 2.75) is 19.9 Å². The van der Waals surface area contributed by atoms with E-state index in [0.717, 1.165) is 25.4 Å². The highest BCUT2D eigenvalue weighted by Gasteiger charge is 2.19. The highest BCUT2D eigenvalue weighted by molar-refractivity contribution is 5.76. The number of hydrogen-bond donors (Lipinski definition) is 2. The van der Waals surface area contributed by atoms with Crippen LogP contribution in [0.25, 0.3) is 0 Å². The Labute approximate surface area is 100 Å². The Bertz CT molecular complexity index is 391. The predicted molar refractivity (Wildman–Crippen MR) is 62.6 cm³/mol. The van der Waals surface area contributed by atoms with Gasteiger partial charge < -0.3 is 20.0 Å². The lowest BCUT2D eigenvalue weighted by atomic mass is 10.3. The number of urea groups is 1. The van der Waals surface area contributed by atoms with Crippen LogP contribution in [0.5, 0.6) is 0 Å². The Morgan fingerprint density at radius 3 is 3.12 bits per heavy atom. The summed E-state index contributed by atoms with van der Waals surface area (Å²) in [5.41, 5.74) is 0. The fraction of sp³-hybridized carbons (Fsp3) is 0.636. The normalized spacial score (nSPS) is 17.3. The molecule has 0 aromatic carbocycles. The van der Waals surface area contributed by atoms with E-state index in [1.54, 1.807) is 11.1 Å². The quantitative estimate of drug-likeness (QED) is 0.790. The second-order valence-corrected chi connectivity index (χ2v) is 4.20. The van der Waals surface area contributed by atoms with Crippen LogP contribution in [0.15, 0.2) is 10.6 Å². The Morgan fingerprint density at radius 2 is 2.53 bits per heavy atom. The third-order valence-electron chi connectivity index (χ3n) is 2.79. The largest absolute Gasteiger partial charge is 0.444 e. The number of rotatable bonds is 5. The summed E-state index contributed by atoms with van der Waals surface area (Å²) >= 11 is 0. The minimum absolute atomic E-state index is 0.0198. The van der Waals surface area contributed by atoms with Crippen LogP contribution < -0.4 is 10.6 Å². The number of aryl methyl sites for hydroxylation is 1. The molecule has 94 valence electrons. The van der Waals surface area contributed by atoms with Crippen LogP contribution in [-0.4, -0.2) is 42.1 Å². The van der Waals surface area contributed by atoms with Crippen molar-refractivity contribution in [1.82, 2.24) is 20.5 Å². The number of nitrogens with zero attached hydrogens (tertiary/aromatic N) is 2. The van der Waals surface area contributed by atoms with E-state index in [4.69, 9.17) is 4.42 Å². The molecule has 0 aliphatic carbocycles. The zero-order chi connectivity index (χ0) is 12.3. The molecule has 17 heavy (non-hydrogen) atoms. The fourth-order valence-corrected chi connectivity index (χ4v) is 1.80. The SMILES string of the molecule is Cc1cnc(C(C)NCCN2CCNC2=O)o1. The summed E-state index contributed by atoms with van der Waals surface area (Å²) in [5.74, 6) is 1.50. The van der Waals surface area contributed by atoms with Gasteiger partial charge in [0, 0.05) is 26.2 Å². The van der Waals surface area contributed by atoms with Crippen LogP contribution in [0.4, 0.5) is 4.79 Å². The molecule has 1 fully saturated rings. The highest BCUT2D eigenvalue weighted by atomic mass is 16.4. The summed E-state index contributed by atoms with van der Waals surface area (Å²) in [6, 6.07) is 0.0841. The van der Waals surface area contributed by atoms with Gasteiger partial charge in [-0.1, -0.05) is 0 Å². The van der Waals surface area contributed by atoms with Crippen molar-refractivity contribution in [3.05, 3.63) is 17.8 Å². The highest BCUT2D eigenvalue weighted by Crippen LogP contribution is 2.11. The molecular formula is C11H18N4O2. The van der Waals surface area contributed by atoms with E-state index in [0.29, 0.717) is 12.4 Å². The van der Waals surface area contributed by atoms with E-state index in [1.807, 2.05) is 13.8 Å². The second-order valence-electron chi connectivity index (χ2n) is 4.20. The summed E-state index contributed by atoms with van der Waals surface area (Å²) < 4.78 is 5.42. The van der Waals surface area contributed by atoms with E-state index >= 15 is 0 Å². The van der Waals surface area contributed by atoms with E-state index in [-0.39, 0.29) is 12.1 Å². The van der Waals surface area contributed by atoms with Crippen molar-refractivity contribution in [3.8, 4) is 0 Å². The number of carbonyl (C=O) groups excluding carboxylic acids is 1. The van der Waals surface area contributed by atoms with Gasteiger partial charge in [-0.15, -0.1) is 0 Å². The van der Waals surface area contributed by atoms with Crippen molar-refractivity contribution in [2.24, 2.45) is 0 Å². The average Bonchev–Trinajstić information content (AvgIpc) is 2.88. The predicted octanol–water partition coefficient (Wildman–Crippen LogP) is 0.659. The summed E-state index contributed by atoms with van der Waals surface area (Å²) in [6.07, 6.45) is 1.71. The molecule has 1 aromatic heterocycles. The number of oxazole rings is 1. The van der Waals surface area contributed by atoms with E-state index < -0.39 is 0 Å². The van der Waals surface area contributed by atoms with Gasteiger partial charge in [-0.05, 0) is 13.8 Å². The van der Waals surface area contributed by atoms with Crippen molar-refractivity contribution in [1.29, 1.82) is 0 Å². The summed E-state index contributed by atoms with van der Waals surface area (Å²) in [4.78, 5) is 17.2. The first-order chi connectivity index (χ1) is 8.16. The van der Waals surface area contributed by atoms with E-state index in [2.05, 4.69) is 15.6 Å². The van der Waals surface area contributed by atoms with Gasteiger partial charge in [-0.3, -0.25) is 0 Å². The number of nitrogens with one attached hydrogen (secondary N) is 2. The molecule has 0 spiro atoms. The molecular weight excluding hydrogens is 220 g/mol. The molecule has 1 saturated heterocycles. The van der Waals surface area contributed by atoms with Gasteiger partial charge in [0.25, 0.3) is 0 Å². The molecule has 1 aromatic rings. The minimum atomic E-state index is 0.0198. The fourth-order valence-electron chi connectivity index (χ4n) is 1.80. The summed E-state index contributed by atoms with van der Waals surface area (Å²) in [5, 5.41) is 6.05. The number of aromatic nitrogens is 1. The third kappa shape index (κ3) is 2.97. The number of amides is 2. The molecule has 6 heteroatoms. The molecule has 1 aliphatic rings. The maximum Gasteiger partial charge on any atom is 0.317 e. The second kappa shape index (κ2) is 5.18. The molecule has 6 nitrogen and oxygen atoms in total. The Morgan fingerprint density at radius 1 is 1.71 bits per heavy atom. The first-order valence-electron chi connectivity index (χ1n) is 5.85. The Kier molecular flexibility index (Phi) is 3.63. The molecule has 2 amide bonds. The maximum absolute atomic E-state index is 11.3. The molecule has 0 radical (unpaired) electrons. The Hall–Kier alpha value is -1.56. The van der Waals surface area contributed by atoms with Gasteiger partial charge in [0.15, 0.2) is 0 Å². The van der Waals surface area contributed by atoms with Crippen LogP contribution in [0.2, 0.25) is 0 Å². The molecule has 1 unspecified atom stereocenters. The third-order valence-corrected chi connectivity index (χ3v) is 2.79. The topological polar surface area (TPSA) is 70.4 Å². The first kappa shape index (κ1) is 11.9. The van der Waals surface area contributed by atoms with Gasteiger partial charge in [0.05, 0.1) is 12.2 Å². The van der Waals surface area contributed by atoms with Crippen molar-refractivity contribution >= 4 is 6.03 Å². The van der Waals surface area contributed by atoms with Crippen LogP contribution in [0.3, 0.4) is 0 Å². The first-order valence-corrected chi connectivity index (χ1v) is 5.85. The lowest BCUT2D eigenvalue weighted by molar-refractivity contribution is 0.216. The zero-order valence-corrected chi connectivity index (χ0v) is 10.2. The van der Waals surface area contributed by atoms with Gasteiger partial charge >= 0.3 is 6.03 Å². The lowest BCUT2D eigenvalue weighted by Crippen LogP contribution is -2.35. The molecule has 0 bridgehead atoms. The lowest BCUT2D eigenvalue weighted by Gasteiger charge is -2.16. The monoisotopic (exact) mass is 238 g/mol.